The fourth-order valence-electron chi connectivity index (χ4n) is 2.40. The van der Waals surface area contributed by atoms with Gasteiger partial charge < -0.3 is 5.32 Å². The van der Waals surface area contributed by atoms with Crippen LogP contribution in [-0.2, 0) is 0 Å². The number of rotatable bonds is 4. The summed E-state index contributed by atoms with van der Waals surface area (Å²) in [6.07, 6.45) is 6.93. The van der Waals surface area contributed by atoms with Crippen molar-refractivity contribution in [3.8, 4) is 0 Å². The van der Waals surface area contributed by atoms with Crippen molar-refractivity contribution in [1.82, 2.24) is 4.98 Å². The maximum absolute atomic E-state index is 6.12. The van der Waals surface area contributed by atoms with Crippen molar-refractivity contribution in [1.29, 1.82) is 0 Å². The van der Waals surface area contributed by atoms with E-state index in [0.717, 1.165) is 22.7 Å². The third-order valence-electron chi connectivity index (χ3n) is 3.64. The van der Waals surface area contributed by atoms with Gasteiger partial charge in [0.2, 0.25) is 0 Å². The molecule has 0 radical (unpaired) electrons. The van der Waals surface area contributed by atoms with Crippen molar-refractivity contribution < 1.29 is 0 Å². The minimum atomic E-state index is 0.282. The fourth-order valence-corrected chi connectivity index (χ4v) is 2.98. The summed E-state index contributed by atoms with van der Waals surface area (Å²) < 4.78 is 1.05. The van der Waals surface area contributed by atoms with Crippen molar-refractivity contribution in [3.63, 3.8) is 0 Å². The highest BCUT2D eigenvalue weighted by atomic mass is 79.9. The molecule has 0 bridgehead atoms. The molecule has 1 N–H and O–H groups in total. The van der Waals surface area contributed by atoms with Crippen LogP contribution < -0.4 is 5.32 Å². The number of pyridine rings is 1. The normalized spacial score (nSPS) is 18.3. The van der Waals surface area contributed by atoms with Crippen molar-refractivity contribution in [3.05, 3.63) is 22.3 Å². The first-order valence-electron chi connectivity index (χ1n) is 6.07. The van der Waals surface area contributed by atoms with Gasteiger partial charge in [-0.2, -0.15) is 0 Å². The Bertz CT molecular complexity index is 389. The number of nitrogens with one attached hydrogen (secondary N) is 1. The Morgan fingerprint density at radius 1 is 1.47 bits per heavy atom. The Morgan fingerprint density at radius 2 is 2.18 bits per heavy atom. The van der Waals surface area contributed by atoms with E-state index >= 15 is 0 Å². The average molecular weight is 318 g/mol. The molecule has 1 aliphatic carbocycles. The van der Waals surface area contributed by atoms with E-state index in [1.165, 1.54) is 31.2 Å². The molecule has 1 aliphatic rings. The first kappa shape index (κ1) is 13.2. The van der Waals surface area contributed by atoms with Crippen LogP contribution in [0.5, 0.6) is 0 Å². The molecule has 2 rings (SSSR count). The second kappa shape index (κ2) is 5.57. The summed E-state index contributed by atoms with van der Waals surface area (Å²) in [4.78, 5) is 4.36. The van der Waals surface area contributed by atoms with Crippen LogP contribution in [0.25, 0.3) is 0 Å². The summed E-state index contributed by atoms with van der Waals surface area (Å²) in [5, 5.41) is 3.43. The van der Waals surface area contributed by atoms with E-state index < -0.39 is 0 Å². The van der Waals surface area contributed by atoms with Gasteiger partial charge in [-0.25, -0.2) is 4.98 Å². The van der Waals surface area contributed by atoms with Crippen LogP contribution in [0.15, 0.2) is 16.7 Å². The lowest BCUT2D eigenvalue weighted by Gasteiger charge is -2.26. The van der Waals surface area contributed by atoms with E-state index in [4.69, 9.17) is 11.6 Å². The summed E-state index contributed by atoms with van der Waals surface area (Å²) >= 11 is 9.58. The monoisotopic (exact) mass is 316 g/mol. The molecule has 1 aromatic rings. The number of nitrogens with zero attached hydrogens (tertiary/aromatic N) is 1. The van der Waals surface area contributed by atoms with E-state index in [1.54, 1.807) is 0 Å². The van der Waals surface area contributed by atoms with Crippen LogP contribution >= 0.6 is 27.5 Å². The molecule has 0 amide bonds. The summed E-state index contributed by atoms with van der Waals surface area (Å²) in [6, 6.07) is 2.07. The molecule has 0 aromatic carbocycles. The van der Waals surface area contributed by atoms with Gasteiger partial charge in [0.25, 0.3) is 0 Å². The minimum absolute atomic E-state index is 0.282. The van der Waals surface area contributed by atoms with Gasteiger partial charge in [-0.3, -0.25) is 0 Å². The smallest absolute Gasteiger partial charge is 0.126 e. The van der Waals surface area contributed by atoms with Crippen LogP contribution in [0.3, 0.4) is 0 Å². The number of anilines is 1. The zero-order valence-electron chi connectivity index (χ0n) is 10.1. The molecule has 4 heteroatoms. The number of aromatic nitrogens is 1. The molecule has 1 aromatic heterocycles. The lowest BCUT2D eigenvalue weighted by Crippen LogP contribution is -2.28. The lowest BCUT2D eigenvalue weighted by molar-refractivity contribution is 0.368. The van der Waals surface area contributed by atoms with Crippen molar-refractivity contribution >= 4 is 33.3 Å². The molecule has 0 saturated heterocycles. The first-order chi connectivity index (χ1) is 8.15. The number of hydrogen-bond acceptors (Lipinski definition) is 2. The molecule has 17 heavy (non-hydrogen) atoms. The van der Waals surface area contributed by atoms with E-state index in [-0.39, 0.29) is 5.41 Å². The van der Waals surface area contributed by atoms with Gasteiger partial charge in [0.05, 0.1) is 0 Å². The second-order valence-electron chi connectivity index (χ2n) is 5.01. The Labute approximate surface area is 116 Å². The summed E-state index contributed by atoms with van der Waals surface area (Å²) in [7, 11) is 0. The van der Waals surface area contributed by atoms with Gasteiger partial charge >= 0.3 is 0 Å². The van der Waals surface area contributed by atoms with Crippen LogP contribution in [0.4, 0.5) is 5.82 Å². The van der Waals surface area contributed by atoms with E-state index in [1.807, 2.05) is 6.20 Å². The van der Waals surface area contributed by atoms with Gasteiger partial charge in [-0.1, -0.05) is 12.8 Å². The Morgan fingerprint density at radius 3 is 2.76 bits per heavy atom. The van der Waals surface area contributed by atoms with Crippen molar-refractivity contribution in [2.24, 2.45) is 5.41 Å². The standard InChI is InChI=1S/C13H18BrClN2/c1-10-6-12(16-7-11(10)14)17-9-13(8-15)4-2-3-5-13/h6-7H,2-5,8-9H2,1H3,(H,16,17). The van der Waals surface area contributed by atoms with Crippen LogP contribution in [0.1, 0.15) is 31.2 Å². The zero-order chi connectivity index (χ0) is 12.3. The molecule has 1 saturated carbocycles. The highest BCUT2D eigenvalue weighted by Crippen LogP contribution is 2.39. The van der Waals surface area contributed by atoms with E-state index in [0.29, 0.717) is 0 Å². The van der Waals surface area contributed by atoms with Crippen molar-refractivity contribution in [2.75, 3.05) is 17.7 Å². The largest absolute Gasteiger partial charge is 0.369 e. The first-order valence-corrected chi connectivity index (χ1v) is 7.40. The SMILES string of the molecule is Cc1cc(NCC2(CCl)CCCC2)ncc1Br. The summed E-state index contributed by atoms with van der Waals surface area (Å²) in [5.41, 5.74) is 1.48. The summed E-state index contributed by atoms with van der Waals surface area (Å²) in [5.74, 6) is 1.69. The predicted molar refractivity (Wildman–Crippen MR) is 76.8 cm³/mol. The predicted octanol–water partition coefficient (Wildman–Crippen LogP) is 4.36. The number of aryl methyl sites for hydroxylation is 1. The van der Waals surface area contributed by atoms with Gasteiger partial charge in [0.1, 0.15) is 5.82 Å². The second-order valence-corrected chi connectivity index (χ2v) is 6.13. The molecule has 0 atom stereocenters. The van der Waals surface area contributed by atoms with E-state index in [2.05, 4.69) is 39.2 Å². The van der Waals surface area contributed by atoms with Gasteiger partial charge in [-0.15, -0.1) is 11.6 Å². The maximum atomic E-state index is 6.12. The highest BCUT2D eigenvalue weighted by Gasteiger charge is 2.32. The number of alkyl halides is 1. The molecular formula is C13H18BrClN2. The molecule has 94 valence electrons. The van der Waals surface area contributed by atoms with Crippen LogP contribution in [0, 0.1) is 12.3 Å². The third-order valence-corrected chi connectivity index (χ3v) is 5.04. The molecule has 1 fully saturated rings. The van der Waals surface area contributed by atoms with Gasteiger partial charge in [-0.05, 0) is 47.3 Å². The minimum Gasteiger partial charge on any atom is -0.369 e. The Kier molecular flexibility index (Phi) is 4.31. The molecular weight excluding hydrogens is 300 g/mol. The topological polar surface area (TPSA) is 24.9 Å². The molecule has 2 nitrogen and oxygen atoms in total. The Balaban J connectivity index is 1.99. The summed E-state index contributed by atoms with van der Waals surface area (Å²) in [6.45, 7) is 3.01. The molecule has 0 aliphatic heterocycles. The van der Waals surface area contributed by atoms with E-state index in [9.17, 15) is 0 Å². The molecule has 0 spiro atoms. The zero-order valence-corrected chi connectivity index (χ0v) is 12.4. The maximum Gasteiger partial charge on any atom is 0.126 e. The fraction of sp³-hybridized carbons (Fsp3) is 0.615. The quantitative estimate of drug-likeness (QED) is 0.834. The van der Waals surface area contributed by atoms with Crippen molar-refractivity contribution in [2.45, 2.75) is 32.6 Å². The number of hydrogen-bond donors (Lipinski definition) is 1. The van der Waals surface area contributed by atoms with Crippen LogP contribution in [-0.4, -0.2) is 17.4 Å². The molecule has 1 heterocycles. The average Bonchev–Trinajstić information content (AvgIpc) is 2.80. The number of halogens is 2. The highest BCUT2D eigenvalue weighted by molar-refractivity contribution is 9.10. The lowest BCUT2D eigenvalue weighted by atomic mass is 9.88. The Hall–Kier alpha value is -0.280. The molecule has 0 unspecified atom stereocenters. The van der Waals surface area contributed by atoms with Gasteiger partial charge in [0.15, 0.2) is 0 Å². The third kappa shape index (κ3) is 3.14. The van der Waals surface area contributed by atoms with Gasteiger partial charge in [0, 0.05) is 28.5 Å². The van der Waals surface area contributed by atoms with Crippen LogP contribution in [0.2, 0.25) is 0 Å².